The number of nitrogens with zero attached hydrogens (tertiary/aromatic N) is 1. The normalized spacial score (nSPS) is 11.9. The third-order valence-electron chi connectivity index (χ3n) is 3.16. The van der Waals surface area contributed by atoms with Crippen LogP contribution >= 0.6 is 0 Å². The monoisotopic (exact) mass is 301 g/mol. The predicted octanol–water partition coefficient (Wildman–Crippen LogP) is 2.74. The molecule has 1 heterocycles. The van der Waals surface area contributed by atoms with Crippen LogP contribution in [-0.4, -0.2) is 28.8 Å². The Hall–Kier alpha value is -2.63. The molecule has 0 spiro atoms. The van der Waals surface area contributed by atoms with Crippen LogP contribution in [0.1, 0.15) is 32.2 Å². The van der Waals surface area contributed by atoms with Gasteiger partial charge in [0.15, 0.2) is 6.10 Å². The molecule has 116 valence electrons. The van der Waals surface area contributed by atoms with Gasteiger partial charge in [-0.2, -0.15) is 0 Å². The Morgan fingerprint density at radius 2 is 2.32 bits per heavy atom. The average molecular weight is 301 g/mol. The summed E-state index contributed by atoms with van der Waals surface area (Å²) in [5.74, 6) is 0.167. The second-order valence-corrected chi connectivity index (χ2v) is 4.98. The van der Waals surface area contributed by atoms with Crippen LogP contribution in [0.5, 0.6) is 0 Å². The number of H-pyrrole nitrogens is 1. The van der Waals surface area contributed by atoms with Gasteiger partial charge in [0.2, 0.25) is 0 Å². The number of carbonyl (C=O) groups excluding carboxylic acids is 2. The number of carbonyl (C=O) groups is 2. The Morgan fingerprint density at radius 1 is 1.55 bits per heavy atom. The Labute approximate surface area is 128 Å². The van der Waals surface area contributed by atoms with Gasteiger partial charge in [-0.15, -0.1) is 0 Å². The molecule has 0 radical (unpaired) electrons. The standard InChI is InChI=1S/C16H19N3O3/c1-4-14(22-16(21)10(2)3)15-18-12-6-5-11(17-7-8-20)9-13(12)19-15/h5-6,8-9,14,17H,2,4,7H2,1,3H3,(H,18,19). The molecule has 1 unspecified atom stereocenters. The van der Waals surface area contributed by atoms with Crippen molar-refractivity contribution < 1.29 is 14.3 Å². The van der Waals surface area contributed by atoms with E-state index in [0.717, 1.165) is 23.0 Å². The van der Waals surface area contributed by atoms with Crippen molar-refractivity contribution in [2.24, 2.45) is 0 Å². The lowest BCUT2D eigenvalue weighted by Crippen LogP contribution is -2.12. The average Bonchev–Trinajstić information content (AvgIpc) is 2.92. The molecule has 2 rings (SSSR count). The van der Waals surface area contributed by atoms with E-state index >= 15 is 0 Å². The van der Waals surface area contributed by atoms with Gasteiger partial charge in [-0.1, -0.05) is 13.5 Å². The van der Waals surface area contributed by atoms with Crippen molar-refractivity contribution in [3.63, 3.8) is 0 Å². The van der Waals surface area contributed by atoms with E-state index in [-0.39, 0.29) is 6.54 Å². The summed E-state index contributed by atoms with van der Waals surface area (Å²) in [5.41, 5.74) is 2.77. The minimum Gasteiger partial charge on any atom is -0.451 e. The highest BCUT2D eigenvalue weighted by atomic mass is 16.5. The molecular formula is C16H19N3O3. The number of hydrogen-bond donors (Lipinski definition) is 2. The highest BCUT2D eigenvalue weighted by Crippen LogP contribution is 2.24. The largest absolute Gasteiger partial charge is 0.451 e. The number of esters is 1. The van der Waals surface area contributed by atoms with Gasteiger partial charge in [-0.25, -0.2) is 9.78 Å². The maximum Gasteiger partial charge on any atom is 0.333 e. The third-order valence-corrected chi connectivity index (χ3v) is 3.16. The van der Waals surface area contributed by atoms with Gasteiger partial charge in [0.25, 0.3) is 0 Å². The molecule has 0 bridgehead atoms. The van der Waals surface area contributed by atoms with E-state index < -0.39 is 12.1 Å². The first kappa shape index (κ1) is 15.8. The number of rotatable bonds is 7. The van der Waals surface area contributed by atoms with Crippen LogP contribution in [0.25, 0.3) is 11.0 Å². The summed E-state index contributed by atoms with van der Waals surface area (Å²) in [6.07, 6.45) is 0.963. The molecule has 1 atom stereocenters. The molecule has 6 nitrogen and oxygen atoms in total. The number of aromatic nitrogens is 2. The zero-order chi connectivity index (χ0) is 16.1. The second kappa shape index (κ2) is 6.89. The summed E-state index contributed by atoms with van der Waals surface area (Å²) >= 11 is 0. The molecule has 0 aliphatic carbocycles. The van der Waals surface area contributed by atoms with Gasteiger partial charge >= 0.3 is 5.97 Å². The van der Waals surface area contributed by atoms with E-state index in [4.69, 9.17) is 4.74 Å². The van der Waals surface area contributed by atoms with Gasteiger partial charge in [-0.05, 0) is 31.5 Å². The molecule has 0 saturated heterocycles. The second-order valence-electron chi connectivity index (χ2n) is 4.98. The Bertz CT molecular complexity index is 706. The third kappa shape index (κ3) is 3.52. The summed E-state index contributed by atoms with van der Waals surface area (Å²) in [6.45, 7) is 7.35. The highest BCUT2D eigenvalue weighted by Gasteiger charge is 2.19. The molecular weight excluding hydrogens is 282 g/mol. The van der Waals surface area contributed by atoms with E-state index in [9.17, 15) is 9.59 Å². The molecule has 0 aliphatic rings. The van der Waals surface area contributed by atoms with Crippen LogP contribution in [-0.2, 0) is 14.3 Å². The van der Waals surface area contributed by atoms with Gasteiger partial charge in [-0.3, -0.25) is 0 Å². The topological polar surface area (TPSA) is 84.1 Å². The lowest BCUT2D eigenvalue weighted by molar-refractivity contribution is -0.145. The minimum absolute atomic E-state index is 0.250. The Morgan fingerprint density at radius 3 is 2.95 bits per heavy atom. The van der Waals surface area contributed by atoms with Crippen LogP contribution in [0, 0.1) is 0 Å². The molecule has 2 N–H and O–H groups in total. The van der Waals surface area contributed by atoms with Crippen molar-refractivity contribution in [2.75, 3.05) is 11.9 Å². The first-order chi connectivity index (χ1) is 10.5. The number of benzene rings is 1. The first-order valence-electron chi connectivity index (χ1n) is 7.08. The van der Waals surface area contributed by atoms with Crippen LogP contribution in [0.3, 0.4) is 0 Å². The van der Waals surface area contributed by atoms with Crippen molar-refractivity contribution >= 4 is 29.0 Å². The number of anilines is 1. The maximum absolute atomic E-state index is 11.7. The quantitative estimate of drug-likeness (QED) is 0.466. The smallest absolute Gasteiger partial charge is 0.333 e. The first-order valence-corrected chi connectivity index (χ1v) is 7.08. The number of nitrogens with one attached hydrogen (secondary N) is 2. The number of imidazole rings is 1. The Balaban J connectivity index is 2.24. The molecule has 1 aromatic heterocycles. The van der Waals surface area contributed by atoms with E-state index in [0.29, 0.717) is 17.8 Å². The maximum atomic E-state index is 11.7. The fourth-order valence-electron chi connectivity index (χ4n) is 2.01. The van der Waals surface area contributed by atoms with E-state index in [1.54, 1.807) is 6.92 Å². The van der Waals surface area contributed by atoms with Gasteiger partial charge in [0, 0.05) is 11.3 Å². The summed E-state index contributed by atoms with van der Waals surface area (Å²) in [4.78, 5) is 29.7. The SMILES string of the molecule is C=C(C)C(=O)OC(CC)c1nc2ccc(NCC=O)cc2[nH]1. The highest BCUT2D eigenvalue weighted by molar-refractivity contribution is 5.87. The number of ether oxygens (including phenoxy) is 1. The molecule has 22 heavy (non-hydrogen) atoms. The van der Waals surface area contributed by atoms with E-state index in [1.807, 2.05) is 25.1 Å². The summed E-state index contributed by atoms with van der Waals surface area (Å²) in [6, 6.07) is 5.55. The number of fused-ring (bicyclic) bond motifs is 1. The van der Waals surface area contributed by atoms with Crippen LogP contribution < -0.4 is 5.32 Å². The fraction of sp³-hybridized carbons (Fsp3) is 0.312. The number of hydrogen-bond acceptors (Lipinski definition) is 5. The predicted molar refractivity (Wildman–Crippen MR) is 84.6 cm³/mol. The van der Waals surface area contributed by atoms with E-state index in [2.05, 4.69) is 21.9 Å². The molecule has 0 aliphatic heterocycles. The Kier molecular flexibility index (Phi) is 4.93. The van der Waals surface area contributed by atoms with Crippen LogP contribution in [0.2, 0.25) is 0 Å². The zero-order valence-corrected chi connectivity index (χ0v) is 12.7. The van der Waals surface area contributed by atoms with Crippen molar-refractivity contribution in [1.82, 2.24) is 9.97 Å². The molecule has 0 saturated carbocycles. The van der Waals surface area contributed by atoms with Gasteiger partial charge in [0.05, 0.1) is 17.6 Å². The van der Waals surface area contributed by atoms with Crippen molar-refractivity contribution in [1.29, 1.82) is 0 Å². The van der Waals surface area contributed by atoms with Gasteiger partial charge in [0.1, 0.15) is 12.1 Å². The zero-order valence-electron chi connectivity index (χ0n) is 12.7. The van der Waals surface area contributed by atoms with Crippen molar-refractivity contribution in [3.8, 4) is 0 Å². The van der Waals surface area contributed by atoms with E-state index in [1.165, 1.54) is 0 Å². The lowest BCUT2D eigenvalue weighted by atomic mass is 10.2. The summed E-state index contributed by atoms with van der Waals surface area (Å²) in [5, 5.41) is 2.97. The molecule has 0 fully saturated rings. The van der Waals surface area contributed by atoms with Crippen LogP contribution in [0.4, 0.5) is 5.69 Å². The fourth-order valence-corrected chi connectivity index (χ4v) is 2.01. The lowest BCUT2D eigenvalue weighted by Gasteiger charge is -2.13. The van der Waals surface area contributed by atoms with Crippen molar-refractivity contribution in [2.45, 2.75) is 26.4 Å². The molecule has 1 aromatic carbocycles. The van der Waals surface area contributed by atoms with Crippen molar-refractivity contribution in [3.05, 3.63) is 36.2 Å². The minimum atomic E-state index is -0.442. The number of aromatic amines is 1. The summed E-state index contributed by atoms with van der Waals surface area (Å²) in [7, 11) is 0. The number of aldehydes is 1. The summed E-state index contributed by atoms with van der Waals surface area (Å²) < 4.78 is 5.38. The van der Waals surface area contributed by atoms with Gasteiger partial charge < -0.3 is 19.8 Å². The molecule has 0 amide bonds. The molecule has 6 heteroatoms. The van der Waals surface area contributed by atoms with Crippen LogP contribution in [0.15, 0.2) is 30.4 Å². The molecule has 2 aromatic rings.